The van der Waals surface area contributed by atoms with Crippen molar-refractivity contribution in [3.8, 4) is 11.5 Å². The first-order valence-electron chi connectivity index (χ1n) is 9.86. The highest BCUT2D eigenvalue weighted by Gasteiger charge is 2.43. The van der Waals surface area contributed by atoms with E-state index in [0.29, 0.717) is 29.5 Å². The third-order valence-electron chi connectivity index (χ3n) is 5.89. The molecule has 8 heteroatoms. The fourth-order valence-corrected chi connectivity index (χ4v) is 4.13. The van der Waals surface area contributed by atoms with Gasteiger partial charge in [-0.05, 0) is 56.7 Å². The highest BCUT2D eigenvalue weighted by atomic mass is 15.4. The van der Waals surface area contributed by atoms with Crippen molar-refractivity contribution in [2.45, 2.75) is 51.0 Å². The van der Waals surface area contributed by atoms with Gasteiger partial charge in [0.25, 0.3) is 5.78 Å². The zero-order valence-corrected chi connectivity index (χ0v) is 16.2. The molecular formula is C20H22N8. The monoisotopic (exact) mass is 374 g/mol. The standard InChI is InChI=1S/C20H22N8/c1-11-6-12(2)28-20(22-11)23-19(25-28)18-8-17(24-26(18)3)16-7-15(16)13-9-21-27(10-13)14-4-5-14/h6,8-10,14-16H,4-5,7H2,1-3H3/t15-,16+/m1/s1. The molecule has 0 unspecified atom stereocenters. The van der Waals surface area contributed by atoms with Gasteiger partial charge in [0.2, 0.25) is 5.82 Å². The summed E-state index contributed by atoms with van der Waals surface area (Å²) in [5, 5.41) is 14.0. The third-order valence-corrected chi connectivity index (χ3v) is 5.89. The van der Waals surface area contributed by atoms with Crippen LogP contribution in [0.5, 0.6) is 0 Å². The van der Waals surface area contributed by atoms with Crippen molar-refractivity contribution in [2.75, 3.05) is 0 Å². The molecule has 4 aromatic heterocycles. The largest absolute Gasteiger partial charge is 0.269 e. The lowest BCUT2D eigenvalue weighted by Crippen LogP contribution is -1.98. The molecule has 2 aliphatic carbocycles. The predicted octanol–water partition coefficient (Wildman–Crippen LogP) is 2.94. The number of nitrogens with zero attached hydrogens (tertiary/aromatic N) is 8. The molecule has 0 bridgehead atoms. The number of fused-ring (bicyclic) bond motifs is 1. The lowest BCUT2D eigenvalue weighted by atomic mass is 10.1. The summed E-state index contributed by atoms with van der Waals surface area (Å²) >= 11 is 0. The molecule has 0 amide bonds. The highest BCUT2D eigenvalue weighted by Crippen LogP contribution is 2.54. The zero-order chi connectivity index (χ0) is 19.0. The van der Waals surface area contributed by atoms with Crippen molar-refractivity contribution >= 4 is 5.78 Å². The lowest BCUT2D eigenvalue weighted by Gasteiger charge is -1.97. The van der Waals surface area contributed by atoms with E-state index in [9.17, 15) is 0 Å². The van der Waals surface area contributed by atoms with Gasteiger partial charge < -0.3 is 0 Å². The molecule has 0 aliphatic heterocycles. The van der Waals surface area contributed by atoms with Crippen molar-refractivity contribution < 1.29 is 0 Å². The molecule has 2 atom stereocenters. The maximum Gasteiger partial charge on any atom is 0.253 e. The first kappa shape index (κ1) is 16.0. The average molecular weight is 374 g/mol. The second-order valence-corrected chi connectivity index (χ2v) is 8.20. The molecule has 2 aliphatic rings. The quantitative estimate of drug-likeness (QED) is 0.549. The summed E-state index contributed by atoms with van der Waals surface area (Å²) in [6.07, 6.45) is 7.92. The second-order valence-electron chi connectivity index (χ2n) is 8.20. The normalized spacial score (nSPS) is 21.5. The van der Waals surface area contributed by atoms with Crippen LogP contribution >= 0.6 is 0 Å². The highest BCUT2D eigenvalue weighted by molar-refractivity contribution is 5.54. The van der Waals surface area contributed by atoms with Crippen LogP contribution in [0.25, 0.3) is 17.3 Å². The van der Waals surface area contributed by atoms with Crippen LogP contribution in [0, 0.1) is 13.8 Å². The van der Waals surface area contributed by atoms with Gasteiger partial charge in [-0.1, -0.05) is 0 Å². The number of aryl methyl sites for hydroxylation is 3. The van der Waals surface area contributed by atoms with E-state index < -0.39 is 0 Å². The van der Waals surface area contributed by atoms with Crippen LogP contribution in [-0.4, -0.2) is 39.1 Å². The molecule has 2 saturated carbocycles. The Hall–Kier alpha value is -3.03. The van der Waals surface area contributed by atoms with Crippen LogP contribution in [-0.2, 0) is 7.05 Å². The minimum Gasteiger partial charge on any atom is -0.269 e. The zero-order valence-electron chi connectivity index (χ0n) is 16.2. The first-order chi connectivity index (χ1) is 13.6. The van der Waals surface area contributed by atoms with Crippen LogP contribution in [0.2, 0.25) is 0 Å². The molecule has 0 radical (unpaired) electrons. The van der Waals surface area contributed by atoms with Crippen LogP contribution in [0.3, 0.4) is 0 Å². The van der Waals surface area contributed by atoms with Crippen molar-refractivity contribution in [1.82, 2.24) is 39.1 Å². The molecule has 0 saturated heterocycles. The van der Waals surface area contributed by atoms with Gasteiger partial charge in [-0.3, -0.25) is 9.36 Å². The van der Waals surface area contributed by atoms with Crippen LogP contribution < -0.4 is 0 Å². The Morgan fingerprint density at radius 1 is 1.04 bits per heavy atom. The molecule has 6 rings (SSSR count). The Morgan fingerprint density at radius 2 is 1.89 bits per heavy atom. The van der Waals surface area contributed by atoms with E-state index in [2.05, 4.69) is 37.1 Å². The Kier molecular flexibility index (Phi) is 3.14. The third kappa shape index (κ3) is 2.47. The van der Waals surface area contributed by atoms with Gasteiger partial charge in [-0.2, -0.15) is 15.2 Å². The van der Waals surface area contributed by atoms with Crippen LogP contribution in [0.15, 0.2) is 24.5 Å². The summed E-state index contributed by atoms with van der Waals surface area (Å²) < 4.78 is 5.81. The molecule has 4 aromatic rings. The van der Waals surface area contributed by atoms with Crippen molar-refractivity contribution in [2.24, 2.45) is 7.05 Å². The molecule has 0 N–H and O–H groups in total. The van der Waals surface area contributed by atoms with E-state index in [1.165, 1.54) is 18.4 Å². The number of hydrogen-bond donors (Lipinski definition) is 0. The molecule has 8 nitrogen and oxygen atoms in total. The topological polar surface area (TPSA) is 78.7 Å². The Bertz CT molecular complexity index is 1210. The van der Waals surface area contributed by atoms with Crippen LogP contribution in [0.1, 0.15) is 59.8 Å². The maximum atomic E-state index is 4.77. The number of hydrogen-bond acceptors (Lipinski definition) is 5. The van der Waals surface area contributed by atoms with Gasteiger partial charge in [0, 0.05) is 30.6 Å². The van der Waals surface area contributed by atoms with E-state index in [1.54, 1.807) is 4.52 Å². The molecule has 4 heterocycles. The Balaban J connectivity index is 1.30. The average Bonchev–Trinajstić information content (AvgIpc) is 3.53. The van der Waals surface area contributed by atoms with Crippen molar-refractivity contribution in [1.29, 1.82) is 0 Å². The fraction of sp³-hybridized carbons (Fsp3) is 0.450. The van der Waals surface area contributed by atoms with E-state index >= 15 is 0 Å². The van der Waals surface area contributed by atoms with E-state index in [4.69, 9.17) is 5.10 Å². The molecule has 2 fully saturated rings. The number of rotatable bonds is 4. The van der Waals surface area contributed by atoms with Gasteiger partial charge in [0.1, 0.15) is 5.69 Å². The van der Waals surface area contributed by atoms with Gasteiger partial charge in [-0.25, -0.2) is 9.50 Å². The molecular weight excluding hydrogens is 352 g/mol. The van der Waals surface area contributed by atoms with Gasteiger partial charge >= 0.3 is 0 Å². The summed E-state index contributed by atoms with van der Waals surface area (Å²) in [4.78, 5) is 9.12. The van der Waals surface area contributed by atoms with E-state index in [-0.39, 0.29) is 0 Å². The molecule has 0 aromatic carbocycles. The Morgan fingerprint density at radius 3 is 2.71 bits per heavy atom. The molecule has 142 valence electrons. The predicted molar refractivity (Wildman–Crippen MR) is 103 cm³/mol. The van der Waals surface area contributed by atoms with Gasteiger partial charge in [0.05, 0.1) is 17.9 Å². The smallest absolute Gasteiger partial charge is 0.253 e. The summed E-state index contributed by atoms with van der Waals surface area (Å²) in [6, 6.07) is 4.78. The maximum absolute atomic E-state index is 4.77. The van der Waals surface area contributed by atoms with Gasteiger partial charge in [-0.15, -0.1) is 5.10 Å². The van der Waals surface area contributed by atoms with Crippen LogP contribution in [0.4, 0.5) is 0 Å². The summed E-state index contributed by atoms with van der Waals surface area (Å²) in [5.41, 5.74) is 5.35. The fourth-order valence-electron chi connectivity index (χ4n) is 4.13. The van der Waals surface area contributed by atoms with E-state index in [1.807, 2.05) is 37.8 Å². The lowest BCUT2D eigenvalue weighted by molar-refractivity contribution is 0.641. The number of aromatic nitrogens is 8. The summed E-state index contributed by atoms with van der Waals surface area (Å²) in [7, 11) is 1.96. The van der Waals surface area contributed by atoms with Crippen molar-refractivity contribution in [3.63, 3.8) is 0 Å². The SMILES string of the molecule is Cc1cc(C)n2nc(-c3cc([C@H]4C[C@@H]4c4cnn(C5CC5)c4)nn3C)nc2n1. The summed E-state index contributed by atoms with van der Waals surface area (Å²) in [6.45, 7) is 3.99. The summed E-state index contributed by atoms with van der Waals surface area (Å²) in [5.74, 6) is 2.28. The Labute approximate surface area is 162 Å². The molecule has 28 heavy (non-hydrogen) atoms. The van der Waals surface area contributed by atoms with Gasteiger partial charge in [0.15, 0.2) is 0 Å². The minimum atomic E-state index is 0.455. The second kappa shape index (κ2) is 5.50. The van der Waals surface area contributed by atoms with Crippen molar-refractivity contribution in [3.05, 3.63) is 47.2 Å². The first-order valence-corrected chi connectivity index (χ1v) is 9.86. The minimum absolute atomic E-state index is 0.455. The molecule has 0 spiro atoms. The van der Waals surface area contributed by atoms with E-state index in [0.717, 1.165) is 29.2 Å².